The summed E-state index contributed by atoms with van der Waals surface area (Å²) < 4.78 is 5.50. The molecule has 1 aromatic carbocycles. The summed E-state index contributed by atoms with van der Waals surface area (Å²) in [6.45, 7) is 0.668. The number of nitro benzene ring substituents is 1. The fourth-order valence-electron chi connectivity index (χ4n) is 1.47. The summed E-state index contributed by atoms with van der Waals surface area (Å²) in [7, 11) is 0. The van der Waals surface area contributed by atoms with Crippen LogP contribution in [0, 0.1) is 21.4 Å². The molecule has 1 rings (SSSR count). The minimum absolute atomic E-state index is 0.00674. The molecule has 0 saturated carbocycles. The molecular weight excluding hydrogens is 234 g/mol. The number of unbranched alkanes of at least 4 members (excludes halogenated alkanes) is 2. The van der Waals surface area contributed by atoms with Crippen LogP contribution in [0.3, 0.4) is 0 Å². The Morgan fingerprint density at radius 1 is 1.44 bits per heavy atom. The number of nitrogens with two attached hydrogens (primary N) is 1. The van der Waals surface area contributed by atoms with Crippen LogP contribution in [0.1, 0.15) is 24.8 Å². The molecule has 0 aliphatic rings. The number of hydrogen-bond acceptors (Lipinski definition) is 5. The molecule has 0 unspecified atom stereocenters. The summed E-state index contributed by atoms with van der Waals surface area (Å²) in [6.07, 6.45) is 2.06. The quantitative estimate of drug-likeness (QED) is 0.453. The van der Waals surface area contributed by atoms with E-state index in [2.05, 4.69) is 6.07 Å². The van der Waals surface area contributed by atoms with Crippen molar-refractivity contribution >= 4 is 5.69 Å². The number of benzene rings is 1. The first-order valence-corrected chi connectivity index (χ1v) is 5.66. The minimum atomic E-state index is -0.462. The highest BCUT2D eigenvalue weighted by molar-refractivity contribution is 5.43. The van der Waals surface area contributed by atoms with Crippen molar-refractivity contribution in [2.45, 2.75) is 25.8 Å². The van der Waals surface area contributed by atoms with Gasteiger partial charge in [-0.1, -0.05) is 0 Å². The highest BCUT2D eigenvalue weighted by atomic mass is 16.6. The summed E-state index contributed by atoms with van der Waals surface area (Å²) in [5.74, 6) is 0.569. The summed E-state index contributed by atoms with van der Waals surface area (Å²) in [4.78, 5) is 10.1. The van der Waals surface area contributed by atoms with Crippen LogP contribution in [0.2, 0.25) is 0 Å². The average Bonchev–Trinajstić information content (AvgIpc) is 2.38. The lowest BCUT2D eigenvalue weighted by Crippen LogP contribution is -2.04. The second-order valence-electron chi connectivity index (χ2n) is 3.72. The predicted octanol–water partition coefficient (Wildman–Crippen LogP) is 2.13. The number of nitro groups is 1. The monoisotopic (exact) mass is 249 g/mol. The molecule has 0 aliphatic heterocycles. The van der Waals surface area contributed by atoms with Gasteiger partial charge < -0.3 is 10.5 Å². The largest absolute Gasteiger partial charge is 0.493 e. The summed E-state index contributed by atoms with van der Waals surface area (Å²) in [5, 5.41) is 19.0. The molecule has 6 heteroatoms. The van der Waals surface area contributed by atoms with Crippen molar-refractivity contribution < 1.29 is 9.66 Å². The third-order valence-electron chi connectivity index (χ3n) is 2.42. The van der Waals surface area contributed by atoms with Gasteiger partial charge in [0.25, 0.3) is 5.69 Å². The summed E-state index contributed by atoms with van der Waals surface area (Å²) >= 11 is 0. The first kappa shape index (κ1) is 13.9. The van der Waals surface area contributed by atoms with Gasteiger partial charge in [0.2, 0.25) is 0 Å². The van der Waals surface area contributed by atoms with Gasteiger partial charge in [0.15, 0.2) is 0 Å². The number of hydrogen-bond donors (Lipinski definition) is 1. The zero-order valence-electron chi connectivity index (χ0n) is 9.96. The number of nitrogens with zero attached hydrogens (tertiary/aromatic N) is 2. The van der Waals surface area contributed by atoms with Crippen LogP contribution in [0.25, 0.3) is 0 Å². The number of nitriles is 1. The Bertz CT molecular complexity index is 454. The molecule has 0 amide bonds. The molecule has 18 heavy (non-hydrogen) atoms. The molecule has 0 heterocycles. The van der Waals surface area contributed by atoms with E-state index in [-0.39, 0.29) is 12.2 Å². The maximum Gasteiger partial charge on any atom is 0.270 e. The molecule has 0 saturated heterocycles. The second-order valence-corrected chi connectivity index (χ2v) is 3.72. The van der Waals surface area contributed by atoms with E-state index in [1.807, 2.05) is 0 Å². The lowest BCUT2D eigenvalue weighted by atomic mass is 10.2. The molecule has 0 radical (unpaired) electrons. The molecule has 0 aliphatic carbocycles. The Hall–Kier alpha value is -2.13. The van der Waals surface area contributed by atoms with E-state index >= 15 is 0 Å². The Labute approximate surface area is 105 Å². The fourth-order valence-corrected chi connectivity index (χ4v) is 1.47. The number of non-ortho nitro benzene ring substituents is 1. The van der Waals surface area contributed by atoms with E-state index in [1.54, 1.807) is 6.07 Å². The molecule has 1 aromatic rings. The molecule has 2 N–H and O–H groups in total. The van der Waals surface area contributed by atoms with Crippen molar-refractivity contribution in [3.05, 3.63) is 33.9 Å². The second kappa shape index (κ2) is 7.25. The van der Waals surface area contributed by atoms with Gasteiger partial charge in [-0.2, -0.15) is 5.26 Å². The topological polar surface area (TPSA) is 102 Å². The van der Waals surface area contributed by atoms with Crippen LogP contribution in [-0.2, 0) is 6.54 Å². The van der Waals surface area contributed by atoms with Crippen molar-refractivity contribution in [1.29, 1.82) is 5.26 Å². The first-order chi connectivity index (χ1) is 8.69. The maximum atomic E-state index is 10.6. The standard InChI is InChI=1S/C12H15N3O3/c13-6-2-1-3-7-18-12-5-4-11(15(16)17)8-10(12)9-14/h4-5,8H,1-3,7,9,14H2. The van der Waals surface area contributed by atoms with Gasteiger partial charge in [0.05, 0.1) is 17.6 Å². The normalized spacial score (nSPS) is 9.78. The zero-order chi connectivity index (χ0) is 13.4. The van der Waals surface area contributed by atoms with Gasteiger partial charge in [0.1, 0.15) is 5.75 Å². The predicted molar refractivity (Wildman–Crippen MR) is 65.9 cm³/mol. The maximum absolute atomic E-state index is 10.6. The van der Waals surface area contributed by atoms with Crippen molar-refractivity contribution in [1.82, 2.24) is 0 Å². The SMILES string of the molecule is N#CCCCCOc1ccc([N+](=O)[O-])cc1CN. The van der Waals surface area contributed by atoms with Crippen LogP contribution in [0.5, 0.6) is 5.75 Å². The van der Waals surface area contributed by atoms with Crippen LogP contribution >= 0.6 is 0 Å². The summed E-state index contributed by atoms with van der Waals surface area (Å²) in [6, 6.07) is 6.43. The Morgan fingerprint density at radius 3 is 2.83 bits per heavy atom. The Balaban J connectivity index is 2.60. The summed E-state index contributed by atoms with van der Waals surface area (Å²) in [5.41, 5.74) is 6.15. The first-order valence-electron chi connectivity index (χ1n) is 5.66. The zero-order valence-corrected chi connectivity index (χ0v) is 9.96. The van der Waals surface area contributed by atoms with Crippen LogP contribution in [0.15, 0.2) is 18.2 Å². The van der Waals surface area contributed by atoms with Gasteiger partial charge in [-0.15, -0.1) is 0 Å². The van der Waals surface area contributed by atoms with Gasteiger partial charge in [0, 0.05) is 30.7 Å². The Kier molecular flexibility index (Phi) is 5.61. The average molecular weight is 249 g/mol. The van der Waals surface area contributed by atoms with Crippen molar-refractivity contribution in [3.8, 4) is 11.8 Å². The smallest absolute Gasteiger partial charge is 0.270 e. The van der Waals surface area contributed by atoms with Crippen molar-refractivity contribution in [2.24, 2.45) is 5.73 Å². The minimum Gasteiger partial charge on any atom is -0.493 e. The van der Waals surface area contributed by atoms with E-state index in [0.29, 0.717) is 24.3 Å². The number of ether oxygens (including phenoxy) is 1. The molecule has 0 bridgehead atoms. The number of rotatable bonds is 7. The van der Waals surface area contributed by atoms with Gasteiger partial charge >= 0.3 is 0 Å². The molecule has 6 nitrogen and oxygen atoms in total. The van der Waals surface area contributed by atoms with Crippen LogP contribution < -0.4 is 10.5 Å². The Morgan fingerprint density at radius 2 is 2.22 bits per heavy atom. The van der Waals surface area contributed by atoms with E-state index in [0.717, 1.165) is 12.8 Å². The van der Waals surface area contributed by atoms with E-state index in [4.69, 9.17) is 15.7 Å². The molecule has 0 aromatic heterocycles. The van der Waals surface area contributed by atoms with E-state index < -0.39 is 4.92 Å². The molecule has 0 spiro atoms. The van der Waals surface area contributed by atoms with E-state index in [1.165, 1.54) is 12.1 Å². The molecule has 0 atom stereocenters. The molecular formula is C12H15N3O3. The van der Waals surface area contributed by atoms with Gasteiger partial charge in [-0.3, -0.25) is 10.1 Å². The van der Waals surface area contributed by atoms with Crippen LogP contribution in [-0.4, -0.2) is 11.5 Å². The molecule has 96 valence electrons. The third kappa shape index (κ3) is 4.03. The van der Waals surface area contributed by atoms with Crippen molar-refractivity contribution in [3.63, 3.8) is 0 Å². The highest BCUT2D eigenvalue weighted by Crippen LogP contribution is 2.24. The van der Waals surface area contributed by atoms with Crippen LogP contribution in [0.4, 0.5) is 5.69 Å². The third-order valence-corrected chi connectivity index (χ3v) is 2.42. The highest BCUT2D eigenvalue weighted by Gasteiger charge is 2.10. The van der Waals surface area contributed by atoms with E-state index in [9.17, 15) is 10.1 Å². The van der Waals surface area contributed by atoms with Crippen molar-refractivity contribution in [2.75, 3.05) is 6.61 Å². The fraction of sp³-hybridized carbons (Fsp3) is 0.417. The molecule has 0 fully saturated rings. The lowest BCUT2D eigenvalue weighted by molar-refractivity contribution is -0.384. The van der Waals surface area contributed by atoms with Gasteiger partial charge in [-0.05, 0) is 18.9 Å². The van der Waals surface area contributed by atoms with Gasteiger partial charge in [-0.25, -0.2) is 0 Å². The lowest BCUT2D eigenvalue weighted by Gasteiger charge is -2.09.